The molecule has 0 aromatic carbocycles. The molecule has 1 aliphatic rings. The van der Waals surface area contributed by atoms with Crippen LogP contribution in [0.3, 0.4) is 0 Å². The SMILES string of the molecule is CCCCN(C)C(=NC)NCc1ccnc(N2CCCC2)c1. The van der Waals surface area contributed by atoms with Crippen LogP contribution in [0.1, 0.15) is 38.2 Å². The van der Waals surface area contributed by atoms with Crippen LogP contribution in [0, 0.1) is 0 Å². The van der Waals surface area contributed by atoms with Gasteiger partial charge in [0.1, 0.15) is 5.82 Å². The predicted molar refractivity (Wildman–Crippen MR) is 93.4 cm³/mol. The number of pyridine rings is 1. The molecule has 1 saturated heterocycles. The minimum absolute atomic E-state index is 0.784. The van der Waals surface area contributed by atoms with Crippen LogP contribution in [0.4, 0.5) is 5.82 Å². The van der Waals surface area contributed by atoms with Crippen molar-refractivity contribution >= 4 is 11.8 Å². The van der Waals surface area contributed by atoms with Gasteiger partial charge in [-0.05, 0) is 37.0 Å². The molecule has 0 aliphatic carbocycles. The molecule has 0 bridgehead atoms. The van der Waals surface area contributed by atoms with Crippen LogP contribution in [-0.4, -0.2) is 49.6 Å². The van der Waals surface area contributed by atoms with Gasteiger partial charge in [-0.2, -0.15) is 0 Å². The third-order valence-corrected chi connectivity index (χ3v) is 4.11. The summed E-state index contributed by atoms with van der Waals surface area (Å²) in [6.07, 6.45) is 6.85. The van der Waals surface area contributed by atoms with Crippen LogP contribution in [0.25, 0.3) is 0 Å². The second kappa shape index (κ2) is 8.61. The monoisotopic (exact) mass is 303 g/mol. The maximum atomic E-state index is 4.50. The third kappa shape index (κ3) is 4.61. The van der Waals surface area contributed by atoms with E-state index in [1.807, 2.05) is 13.2 Å². The average molecular weight is 303 g/mol. The van der Waals surface area contributed by atoms with Crippen molar-refractivity contribution in [2.75, 3.05) is 38.6 Å². The Morgan fingerprint density at radius 1 is 1.41 bits per heavy atom. The first kappa shape index (κ1) is 16.6. The smallest absolute Gasteiger partial charge is 0.193 e. The van der Waals surface area contributed by atoms with Crippen molar-refractivity contribution in [3.05, 3.63) is 23.9 Å². The Bertz CT molecular complexity index is 480. The number of rotatable bonds is 6. The lowest BCUT2D eigenvalue weighted by molar-refractivity contribution is 0.464. The molecule has 0 atom stereocenters. The van der Waals surface area contributed by atoms with Gasteiger partial charge in [-0.3, -0.25) is 4.99 Å². The molecule has 122 valence electrons. The molecule has 1 aromatic heterocycles. The summed E-state index contributed by atoms with van der Waals surface area (Å²) in [5.74, 6) is 2.05. The lowest BCUT2D eigenvalue weighted by Gasteiger charge is -2.22. The molecule has 1 fully saturated rings. The number of unbranched alkanes of at least 4 members (excludes halogenated alkanes) is 1. The van der Waals surface area contributed by atoms with Crippen LogP contribution >= 0.6 is 0 Å². The second-order valence-electron chi connectivity index (χ2n) is 5.89. The molecule has 0 amide bonds. The molecule has 5 heteroatoms. The van der Waals surface area contributed by atoms with Gasteiger partial charge in [0, 0.05) is 46.5 Å². The largest absolute Gasteiger partial charge is 0.357 e. The summed E-state index contributed by atoms with van der Waals surface area (Å²) in [4.78, 5) is 13.4. The van der Waals surface area contributed by atoms with Crippen LogP contribution < -0.4 is 10.2 Å². The van der Waals surface area contributed by atoms with Crippen LogP contribution in [0.2, 0.25) is 0 Å². The molecule has 2 rings (SSSR count). The van der Waals surface area contributed by atoms with Crippen LogP contribution in [0.15, 0.2) is 23.3 Å². The van der Waals surface area contributed by atoms with Crippen molar-refractivity contribution in [1.29, 1.82) is 0 Å². The van der Waals surface area contributed by atoms with Gasteiger partial charge >= 0.3 is 0 Å². The molecule has 1 aliphatic heterocycles. The van der Waals surface area contributed by atoms with E-state index in [2.05, 4.69) is 51.2 Å². The topological polar surface area (TPSA) is 43.8 Å². The molecular formula is C17H29N5. The Morgan fingerprint density at radius 3 is 2.86 bits per heavy atom. The molecule has 0 unspecified atom stereocenters. The van der Waals surface area contributed by atoms with E-state index in [0.29, 0.717) is 0 Å². The van der Waals surface area contributed by atoms with Gasteiger partial charge in [0.25, 0.3) is 0 Å². The van der Waals surface area contributed by atoms with Crippen molar-refractivity contribution in [2.24, 2.45) is 4.99 Å². The number of anilines is 1. The maximum Gasteiger partial charge on any atom is 0.193 e. The van der Waals surface area contributed by atoms with Crippen LogP contribution in [0.5, 0.6) is 0 Å². The number of aromatic nitrogens is 1. The number of nitrogens with one attached hydrogen (secondary N) is 1. The summed E-state index contributed by atoms with van der Waals surface area (Å²) < 4.78 is 0. The van der Waals surface area contributed by atoms with Crippen molar-refractivity contribution < 1.29 is 0 Å². The summed E-state index contributed by atoms with van der Waals surface area (Å²) in [6, 6.07) is 4.27. The predicted octanol–water partition coefficient (Wildman–Crippen LogP) is 2.49. The zero-order valence-corrected chi connectivity index (χ0v) is 14.2. The van der Waals surface area contributed by atoms with E-state index in [1.165, 1.54) is 31.2 Å². The number of guanidine groups is 1. The summed E-state index contributed by atoms with van der Waals surface area (Å²) in [5, 5.41) is 3.44. The fourth-order valence-corrected chi connectivity index (χ4v) is 2.76. The van der Waals surface area contributed by atoms with E-state index in [0.717, 1.165) is 38.0 Å². The number of hydrogen-bond donors (Lipinski definition) is 1. The highest BCUT2D eigenvalue weighted by Gasteiger charge is 2.13. The fraction of sp³-hybridized carbons (Fsp3) is 0.647. The van der Waals surface area contributed by atoms with Gasteiger partial charge in [0.15, 0.2) is 5.96 Å². The van der Waals surface area contributed by atoms with E-state index >= 15 is 0 Å². The Morgan fingerprint density at radius 2 is 2.18 bits per heavy atom. The molecule has 1 aromatic rings. The molecule has 2 heterocycles. The van der Waals surface area contributed by atoms with Crippen molar-refractivity contribution in [2.45, 2.75) is 39.2 Å². The van der Waals surface area contributed by atoms with Gasteiger partial charge in [-0.25, -0.2) is 4.98 Å². The van der Waals surface area contributed by atoms with E-state index in [9.17, 15) is 0 Å². The molecule has 0 radical (unpaired) electrons. The van der Waals surface area contributed by atoms with Gasteiger partial charge in [-0.1, -0.05) is 13.3 Å². The minimum atomic E-state index is 0.784. The highest BCUT2D eigenvalue weighted by atomic mass is 15.3. The quantitative estimate of drug-likeness (QED) is 0.648. The lowest BCUT2D eigenvalue weighted by Crippen LogP contribution is -2.39. The number of hydrogen-bond acceptors (Lipinski definition) is 3. The number of aliphatic imine (C=N–C) groups is 1. The zero-order chi connectivity index (χ0) is 15.8. The van der Waals surface area contributed by atoms with Gasteiger partial charge < -0.3 is 15.1 Å². The Hall–Kier alpha value is -1.78. The van der Waals surface area contributed by atoms with E-state index in [4.69, 9.17) is 0 Å². The first-order chi connectivity index (χ1) is 10.7. The maximum absolute atomic E-state index is 4.50. The second-order valence-corrected chi connectivity index (χ2v) is 5.89. The van der Waals surface area contributed by atoms with Crippen LogP contribution in [-0.2, 0) is 6.54 Å². The lowest BCUT2D eigenvalue weighted by atomic mass is 10.2. The van der Waals surface area contributed by atoms with Crippen molar-refractivity contribution in [3.63, 3.8) is 0 Å². The normalized spacial score (nSPS) is 15.2. The highest BCUT2D eigenvalue weighted by Crippen LogP contribution is 2.18. The molecular weight excluding hydrogens is 274 g/mol. The van der Waals surface area contributed by atoms with Crippen molar-refractivity contribution in [1.82, 2.24) is 15.2 Å². The van der Waals surface area contributed by atoms with Crippen molar-refractivity contribution in [3.8, 4) is 0 Å². The standard InChI is InChI=1S/C17H29N5/c1-4-5-10-21(3)17(18-2)20-14-15-8-9-19-16(13-15)22-11-6-7-12-22/h8-9,13H,4-7,10-12,14H2,1-3H3,(H,18,20). The summed E-state index contributed by atoms with van der Waals surface area (Å²) >= 11 is 0. The van der Waals surface area contributed by atoms with E-state index < -0.39 is 0 Å². The van der Waals surface area contributed by atoms with E-state index in [1.54, 1.807) is 0 Å². The third-order valence-electron chi connectivity index (χ3n) is 4.11. The van der Waals surface area contributed by atoms with Gasteiger partial charge in [-0.15, -0.1) is 0 Å². The Kier molecular flexibility index (Phi) is 6.49. The summed E-state index contributed by atoms with van der Waals surface area (Å²) in [7, 11) is 3.93. The summed E-state index contributed by atoms with van der Waals surface area (Å²) in [6.45, 7) is 6.29. The highest BCUT2D eigenvalue weighted by molar-refractivity contribution is 5.79. The van der Waals surface area contributed by atoms with Gasteiger partial charge in [0.05, 0.1) is 0 Å². The molecule has 5 nitrogen and oxygen atoms in total. The molecule has 0 saturated carbocycles. The minimum Gasteiger partial charge on any atom is -0.357 e. The fourth-order valence-electron chi connectivity index (χ4n) is 2.76. The summed E-state index contributed by atoms with van der Waals surface area (Å²) in [5.41, 5.74) is 1.25. The Balaban J connectivity index is 1.91. The molecule has 1 N–H and O–H groups in total. The number of nitrogens with zero attached hydrogens (tertiary/aromatic N) is 4. The zero-order valence-electron chi connectivity index (χ0n) is 14.2. The van der Waals surface area contributed by atoms with E-state index in [-0.39, 0.29) is 0 Å². The van der Waals surface area contributed by atoms with Gasteiger partial charge in [0.2, 0.25) is 0 Å². The average Bonchev–Trinajstić information content (AvgIpc) is 3.08. The molecule has 22 heavy (non-hydrogen) atoms. The molecule has 0 spiro atoms. The first-order valence-electron chi connectivity index (χ1n) is 8.36. The Labute approximate surface area is 134 Å². The first-order valence-corrected chi connectivity index (χ1v) is 8.36.